The highest BCUT2D eigenvalue weighted by Gasteiger charge is 2.12. The third-order valence-corrected chi connectivity index (χ3v) is 2.27. The van der Waals surface area contributed by atoms with Crippen molar-refractivity contribution in [2.45, 2.75) is 13.1 Å². The van der Waals surface area contributed by atoms with Gasteiger partial charge >= 0.3 is 11.9 Å². The molecule has 108 valence electrons. The van der Waals surface area contributed by atoms with Crippen molar-refractivity contribution in [3.8, 4) is 0 Å². The molecule has 0 unspecified atom stereocenters. The molecular formula is C12H14N2O6. The molecule has 0 radical (unpaired) electrons. The van der Waals surface area contributed by atoms with Crippen LogP contribution in [0.5, 0.6) is 0 Å². The smallest absolute Gasteiger partial charge is 0.371 e. The van der Waals surface area contributed by atoms with Crippen LogP contribution in [0.1, 0.15) is 32.4 Å². The van der Waals surface area contributed by atoms with Crippen LogP contribution in [0.25, 0.3) is 0 Å². The van der Waals surface area contributed by atoms with Gasteiger partial charge < -0.3 is 30.5 Å². The molecule has 0 fully saturated rings. The Balaban J connectivity index is 0.000000204. The normalized spacial score (nSPS) is 9.70. The third kappa shape index (κ3) is 3.97. The monoisotopic (exact) mass is 282 g/mol. The van der Waals surface area contributed by atoms with Crippen LogP contribution in [0.3, 0.4) is 0 Å². The molecule has 2 aromatic rings. The molecule has 20 heavy (non-hydrogen) atoms. The van der Waals surface area contributed by atoms with Gasteiger partial charge in [0.15, 0.2) is 0 Å². The summed E-state index contributed by atoms with van der Waals surface area (Å²) in [6.07, 6.45) is 1.60. The van der Waals surface area contributed by atoms with E-state index in [-0.39, 0.29) is 11.5 Å². The number of rotatable bonds is 4. The number of hydrogen-bond acceptors (Lipinski definition) is 6. The highest BCUT2D eigenvalue weighted by Crippen LogP contribution is 2.07. The maximum atomic E-state index is 10.2. The van der Waals surface area contributed by atoms with Gasteiger partial charge in [-0.2, -0.15) is 0 Å². The number of carboxylic acids is 2. The maximum Gasteiger partial charge on any atom is 0.371 e. The second-order valence-corrected chi connectivity index (χ2v) is 3.55. The zero-order valence-electron chi connectivity index (χ0n) is 10.4. The fourth-order valence-corrected chi connectivity index (χ4v) is 1.30. The topological polar surface area (TPSA) is 153 Å². The Morgan fingerprint density at radius 3 is 1.85 bits per heavy atom. The van der Waals surface area contributed by atoms with Crippen LogP contribution in [0.4, 0.5) is 0 Å². The van der Waals surface area contributed by atoms with E-state index in [0.717, 1.165) is 23.5 Å². The highest BCUT2D eigenvalue weighted by atomic mass is 16.4. The molecular weight excluding hydrogens is 268 g/mol. The largest absolute Gasteiger partial charge is 0.475 e. The first-order valence-electron chi connectivity index (χ1n) is 5.51. The van der Waals surface area contributed by atoms with Crippen LogP contribution in [-0.4, -0.2) is 22.2 Å². The number of carboxylic acid groups (broad SMARTS) is 2. The Kier molecular flexibility index (Phi) is 5.51. The van der Waals surface area contributed by atoms with Crippen LogP contribution in [-0.2, 0) is 13.1 Å². The van der Waals surface area contributed by atoms with Gasteiger partial charge in [0.25, 0.3) is 0 Å². The fraction of sp³-hybridized carbons (Fsp3) is 0.167. The average molecular weight is 282 g/mol. The molecule has 8 heteroatoms. The SMILES string of the molecule is NCc1ccoc1CN.O=C(O)c1ccc(C(=O)O)o1. The van der Waals surface area contributed by atoms with E-state index in [1.165, 1.54) is 0 Å². The van der Waals surface area contributed by atoms with Gasteiger partial charge in [0.05, 0.1) is 12.8 Å². The Morgan fingerprint density at radius 2 is 1.55 bits per heavy atom. The van der Waals surface area contributed by atoms with Crippen LogP contribution in [0, 0.1) is 0 Å². The van der Waals surface area contributed by atoms with E-state index in [1.807, 2.05) is 6.07 Å². The van der Waals surface area contributed by atoms with Crippen molar-refractivity contribution in [3.63, 3.8) is 0 Å². The van der Waals surface area contributed by atoms with Crippen molar-refractivity contribution in [1.29, 1.82) is 0 Å². The molecule has 0 bridgehead atoms. The highest BCUT2D eigenvalue weighted by molar-refractivity contribution is 5.88. The summed E-state index contributed by atoms with van der Waals surface area (Å²) in [6.45, 7) is 0.933. The van der Waals surface area contributed by atoms with Gasteiger partial charge in [0, 0.05) is 12.1 Å². The molecule has 2 aromatic heterocycles. The number of furan rings is 2. The zero-order valence-corrected chi connectivity index (χ0v) is 10.4. The number of aromatic carboxylic acids is 2. The predicted molar refractivity (Wildman–Crippen MR) is 67.1 cm³/mol. The molecule has 2 rings (SSSR count). The van der Waals surface area contributed by atoms with Gasteiger partial charge in [0.1, 0.15) is 5.76 Å². The van der Waals surface area contributed by atoms with E-state index in [9.17, 15) is 9.59 Å². The van der Waals surface area contributed by atoms with E-state index in [4.69, 9.17) is 26.1 Å². The number of hydrogen-bond donors (Lipinski definition) is 4. The summed E-state index contributed by atoms with van der Waals surface area (Å²) in [5.41, 5.74) is 11.7. The van der Waals surface area contributed by atoms with Crippen molar-refractivity contribution >= 4 is 11.9 Å². The minimum Gasteiger partial charge on any atom is -0.475 e. The lowest BCUT2D eigenvalue weighted by Gasteiger charge is -1.92. The summed E-state index contributed by atoms with van der Waals surface area (Å²) in [5, 5.41) is 16.6. The van der Waals surface area contributed by atoms with Crippen LogP contribution >= 0.6 is 0 Å². The van der Waals surface area contributed by atoms with Gasteiger partial charge in [-0.3, -0.25) is 0 Å². The Hall–Kier alpha value is -2.58. The van der Waals surface area contributed by atoms with Crippen LogP contribution in [0.15, 0.2) is 33.3 Å². The molecule has 0 amide bonds. The van der Waals surface area contributed by atoms with E-state index in [0.29, 0.717) is 13.1 Å². The number of nitrogens with two attached hydrogens (primary N) is 2. The van der Waals surface area contributed by atoms with Gasteiger partial charge in [-0.15, -0.1) is 0 Å². The zero-order chi connectivity index (χ0) is 15.1. The minimum atomic E-state index is -1.28. The lowest BCUT2D eigenvalue weighted by atomic mass is 10.2. The lowest BCUT2D eigenvalue weighted by molar-refractivity contribution is 0.0631. The molecule has 0 aliphatic carbocycles. The van der Waals surface area contributed by atoms with Gasteiger partial charge in [-0.25, -0.2) is 9.59 Å². The van der Waals surface area contributed by atoms with E-state index in [2.05, 4.69) is 4.42 Å². The molecule has 0 atom stereocenters. The van der Waals surface area contributed by atoms with Gasteiger partial charge in [0.2, 0.25) is 11.5 Å². The molecule has 0 aromatic carbocycles. The van der Waals surface area contributed by atoms with Crippen LogP contribution < -0.4 is 11.5 Å². The van der Waals surface area contributed by atoms with Crippen molar-refractivity contribution in [2.75, 3.05) is 0 Å². The minimum absolute atomic E-state index is 0.373. The Morgan fingerprint density at radius 1 is 1.00 bits per heavy atom. The molecule has 0 saturated carbocycles. The standard InChI is InChI=1S/C6H10N2O.C6H4O5/c7-3-5-1-2-9-6(5)4-8;7-5(8)3-1-2-4(11-3)6(9)10/h1-2H,3-4,7-8H2;1-2H,(H,7,8)(H,9,10). The summed E-state index contributed by atoms with van der Waals surface area (Å²) in [7, 11) is 0. The summed E-state index contributed by atoms with van der Waals surface area (Å²) < 4.78 is 9.41. The molecule has 6 N–H and O–H groups in total. The average Bonchev–Trinajstić information content (AvgIpc) is 3.07. The molecule has 0 saturated heterocycles. The second kappa shape index (κ2) is 7.12. The fourth-order valence-electron chi connectivity index (χ4n) is 1.30. The third-order valence-electron chi connectivity index (χ3n) is 2.27. The Labute approximate surface area is 113 Å². The maximum absolute atomic E-state index is 10.2. The first-order chi connectivity index (χ1) is 9.49. The van der Waals surface area contributed by atoms with Crippen molar-refractivity contribution in [1.82, 2.24) is 0 Å². The lowest BCUT2D eigenvalue weighted by Crippen LogP contribution is -2.02. The van der Waals surface area contributed by atoms with Crippen molar-refractivity contribution in [2.24, 2.45) is 11.5 Å². The first-order valence-corrected chi connectivity index (χ1v) is 5.51. The van der Waals surface area contributed by atoms with E-state index in [1.54, 1.807) is 6.26 Å². The second-order valence-electron chi connectivity index (χ2n) is 3.55. The molecule has 0 spiro atoms. The van der Waals surface area contributed by atoms with Gasteiger partial charge in [-0.1, -0.05) is 0 Å². The molecule has 0 aliphatic heterocycles. The molecule has 8 nitrogen and oxygen atoms in total. The van der Waals surface area contributed by atoms with E-state index >= 15 is 0 Å². The first kappa shape index (κ1) is 15.5. The Bertz CT molecular complexity index is 539. The summed E-state index contributed by atoms with van der Waals surface area (Å²) >= 11 is 0. The van der Waals surface area contributed by atoms with E-state index < -0.39 is 11.9 Å². The summed E-state index contributed by atoms with van der Waals surface area (Å²) in [5.74, 6) is -2.52. The molecule has 2 heterocycles. The number of carbonyl (C=O) groups is 2. The van der Waals surface area contributed by atoms with Crippen LogP contribution in [0.2, 0.25) is 0 Å². The van der Waals surface area contributed by atoms with Crippen molar-refractivity contribution in [3.05, 3.63) is 47.3 Å². The summed E-state index contributed by atoms with van der Waals surface area (Å²) in [6, 6.07) is 4.01. The molecule has 0 aliphatic rings. The quantitative estimate of drug-likeness (QED) is 0.644. The van der Waals surface area contributed by atoms with Gasteiger partial charge in [-0.05, 0) is 18.2 Å². The predicted octanol–water partition coefficient (Wildman–Crippen LogP) is 0.873. The summed E-state index contributed by atoms with van der Waals surface area (Å²) in [4.78, 5) is 20.3. The van der Waals surface area contributed by atoms with Crippen molar-refractivity contribution < 1.29 is 28.6 Å².